The molecule has 26 heavy (non-hydrogen) atoms. The predicted octanol–water partition coefficient (Wildman–Crippen LogP) is 0.722. The highest BCUT2D eigenvalue weighted by Gasteiger charge is 2.38. The van der Waals surface area contributed by atoms with Crippen molar-refractivity contribution < 1.29 is 5.11 Å². The lowest BCUT2D eigenvalue weighted by molar-refractivity contribution is 0.262. The number of aliphatic hydroxyl groups excluding tert-OH is 1. The summed E-state index contributed by atoms with van der Waals surface area (Å²) in [7, 11) is 1.83. The predicted molar refractivity (Wildman–Crippen MR) is 94.3 cm³/mol. The van der Waals surface area contributed by atoms with Gasteiger partial charge in [-0.2, -0.15) is 15.1 Å². The van der Waals surface area contributed by atoms with Crippen LogP contribution in [0.4, 0.5) is 11.8 Å². The van der Waals surface area contributed by atoms with E-state index in [-0.39, 0.29) is 12.6 Å². The molecule has 3 aromatic rings. The highest BCUT2D eigenvalue weighted by atomic mass is 16.3. The number of hydrogen-bond acceptors (Lipinski definition) is 8. The molecule has 5 rings (SSSR count). The van der Waals surface area contributed by atoms with Crippen LogP contribution in [0, 0.1) is 0 Å². The Bertz CT molecular complexity index is 968. The summed E-state index contributed by atoms with van der Waals surface area (Å²) in [5, 5.41) is 26.3. The molecule has 0 bridgehead atoms. The van der Waals surface area contributed by atoms with Gasteiger partial charge in [0.25, 0.3) is 0 Å². The largest absolute Gasteiger partial charge is 0.388 e. The van der Waals surface area contributed by atoms with Gasteiger partial charge in [0.2, 0.25) is 5.95 Å². The normalized spacial score (nSPS) is 22.5. The summed E-state index contributed by atoms with van der Waals surface area (Å²) in [5.41, 5.74) is 6.73. The minimum atomic E-state index is -0.0598. The summed E-state index contributed by atoms with van der Waals surface area (Å²) in [6, 6.07) is 0.733. The number of aryl methyl sites for hydroxylation is 1. The number of aliphatic hydroxyl groups is 1. The Labute approximate surface area is 149 Å². The number of nitrogen functional groups attached to an aromatic ring is 1. The highest BCUT2D eigenvalue weighted by molar-refractivity contribution is 5.86. The number of nitrogens with zero attached hydrogens (tertiary/aromatic N) is 7. The van der Waals surface area contributed by atoms with Gasteiger partial charge in [0.15, 0.2) is 11.5 Å². The topological polar surface area (TPSA) is 133 Å². The van der Waals surface area contributed by atoms with Crippen LogP contribution in [0.3, 0.4) is 0 Å². The molecule has 2 aliphatic rings. The molecule has 10 nitrogen and oxygen atoms in total. The summed E-state index contributed by atoms with van der Waals surface area (Å²) < 4.78 is 3.83. The van der Waals surface area contributed by atoms with Gasteiger partial charge < -0.3 is 20.7 Å². The van der Waals surface area contributed by atoms with E-state index in [0.29, 0.717) is 29.6 Å². The van der Waals surface area contributed by atoms with Crippen molar-refractivity contribution in [3.8, 4) is 0 Å². The monoisotopic (exact) mass is 355 g/mol. The molecule has 0 unspecified atom stereocenters. The number of anilines is 2. The number of aromatic nitrogens is 7. The Morgan fingerprint density at radius 3 is 2.81 bits per heavy atom. The second-order valence-corrected chi connectivity index (χ2v) is 7.18. The highest BCUT2D eigenvalue weighted by Crippen LogP contribution is 2.43. The molecular weight excluding hydrogens is 334 g/mol. The molecule has 0 aliphatic heterocycles. The van der Waals surface area contributed by atoms with E-state index in [9.17, 15) is 5.11 Å². The fraction of sp³-hybridized carbons (Fsp3) is 0.562. The van der Waals surface area contributed by atoms with E-state index >= 15 is 0 Å². The number of nitrogens with two attached hydrogens (primary N) is 1. The first-order valence-corrected chi connectivity index (χ1v) is 8.90. The minimum absolute atomic E-state index is 0.0598. The third kappa shape index (κ3) is 2.40. The van der Waals surface area contributed by atoms with E-state index in [1.54, 1.807) is 10.9 Å². The van der Waals surface area contributed by atoms with Gasteiger partial charge in [-0.1, -0.05) is 0 Å². The van der Waals surface area contributed by atoms with Crippen molar-refractivity contribution in [3.05, 3.63) is 17.8 Å². The molecule has 0 spiro atoms. The molecule has 0 atom stereocenters. The van der Waals surface area contributed by atoms with Crippen molar-refractivity contribution in [3.63, 3.8) is 0 Å². The number of nitrogens with one attached hydrogen (secondary N) is 1. The van der Waals surface area contributed by atoms with Crippen molar-refractivity contribution in [2.24, 2.45) is 7.05 Å². The van der Waals surface area contributed by atoms with Crippen LogP contribution in [0.2, 0.25) is 0 Å². The zero-order valence-corrected chi connectivity index (χ0v) is 14.5. The maximum Gasteiger partial charge on any atom is 0.226 e. The maximum absolute atomic E-state index is 9.47. The molecule has 0 saturated heterocycles. The Hall–Kier alpha value is -2.75. The van der Waals surface area contributed by atoms with Crippen LogP contribution in [0.5, 0.6) is 0 Å². The molecule has 3 aromatic heterocycles. The molecule has 0 aromatic carbocycles. The average molecular weight is 355 g/mol. The van der Waals surface area contributed by atoms with Crippen molar-refractivity contribution >= 4 is 22.8 Å². The molecular formula is C16H21N9O. The van der Waals surface area contributed by atoms with Gasteiger partial charge in [-0.25, -0.2) is 0 Å². The summed E-state index contributed by atoms with van der Waals surface area (Å²) in [4.78, 5) is 8.86. The molecule has 4 N–H and O–H groups in total. The number of rotatable bonds is 5. The molecule has 136 valence electrons. The lowest BCUT2D eigenvalue weighted by Crippen LogP contribution is -2.36. The Morgan fingerprint density at radius 1 is 1.27 bits per heavy atom. The van der Waals surface area contributed by atoms with Gasteiger partial charge in [0.05, 0.1) is 11.6 Å². The van der Waals surface area contributed by atoms with E-state index in [2.05, 4.69) is 35.1 Å². The molecule has 2 aliphatic carbocycles. The second kappa shape index (κ2) is 5.63. The molecule has 2 saturated carbocycles. The maximum atomic E-state index is 9.47. The molecule has 0 radical (unpaired) electrons. The zero-order chi connectivity index (χ0) is 17.8. The van der Waals surface area contributed by atoms with Gasteiger partial charge in [0.1, 0.15) is 18.2 Å². The Kier molecular flexibility index (Phi) is 3.36. The van der Waals surface area contributed by atoms with Crippen LogP contribution < -0.4 is 11.1 Å². The van der Waals surface area contributed by atoms with Crippen molar-refractivity contribution in [1.29, 1.82) is 0 Å². The van der Waals surface area contributed by atoms with Crippen molar-refractivity contribution in [1.82, 2.24) is 34.5 Å². The van der Waals surface area contributed by atoms with Gasteiger partial charge >= 0.3 is 0 Å². The molecule has 10 heteroatoms. The average Bonchev–Trinajstić information content (AvgIpc) is 3.24. The Balaban J connectivity index is 1.31. The van der Waals surface area contributed by atoms with Crippen LogP contribution in [0.1, 0.15) is 49.3 Å². The summed E-state index contributed by atoms with van der Waals surface area (Å²) >= 11 is 0. The van der Waals surface area contributed by atoms with Gasteiger partial charge in [-0.15, -0.1) is 10.2 Å². The fourth-order valence-corrected chi connectivity index (χ4v) is 3.69. The van der Waals surface area contributed by atoms with Crippen LogP contribution >= 0.6 is 0 Å². The SMILES string of the molecule is Cn1ncc2c(N)nc(NC3CC(c4nnc(CO)n4C4CC4)C3)nc21. The molecule has 2 fully saturated rings. The van der Waals surface area contributed by atoms with E-state index in [1.165, 1.54) is 0 Å². The zero-order valence-electron chi connectivity index (χ0n) is 14.5. The fourth-order valence-electron chi connectivity index (χ4n) is 3.69. The van der Waals surface area contributed by atoms with Gasteiger partial charge in [-0.3, -0.25) is 4.68 Å². The van der Waals surface area contributed by atoms with Crippen molar-refractivity contribution in [2.75, 3.05) is 11.1 Å². The summed E-state index contributed by atoms with van der Waals surface area (Å²) in [5.74, 6) is 2.98. The summed E-state index contributed by atoms with van der Waals surface area (Å²) in [6.07, 6.45) is 5.83. The van der Waals surface area contributed by atoms with Gasteiger partial charge in [0, 0.05) is 25.0 Å². The lowest BCUT2D eigenvalue weighted by Gasteiger charge is -2.35. The van der Waals surface area contributed by atoms with Crippen LogP contribution in [-0.4, -0.2) is 45.7 Å². The number of fused-ring (bicyclic) bond motifs is 1. The molecule has 3 heterocycles. The van der Waals surface area contributed by atoms with E-state index in [4.69, 9.17) is 5.73 Å². The Morgan fingerprint density at radius 2 is 2.08 bits per heavy atom. The smallest absolute Gasteiger partial charge is 0.226 e. The first-order valence-electron chi connectivity index (χ1n) is 8.90. The van der Waals surface area contributed by atoms with Crippen LogP contribution in [0.15, 0.2) is 6.20 Å². The first kappa shape index (κ1) is 15.5. The van der Waals surface area contributed by atoms with E-state index in [0.717, 1.165) is 42.5 Å². The van der Waals surface area contributed by atoms with Gasteiger partial charge in [-0.05, 0) is 25.7 Å². The summed E-state index contributed by atoms with van der Waals surface area (Å²) in [6.45, 7) is -0.0598. The lowest BCUT2D eigenvalue weighted by atomic mass is 9.79. The van der Waals surface area contributed by atoms with Crippen LogP contribution in [0.25, 0.3) is 11.0 Å². The third-order valence-electron chi connectivity index (χ3n) is 5.30. The van der Waals surface area contributed by atoms with Crippen molar-refractivity contribution in [2.45, 2.75) is 50.3 Å². The third-order valence-corrected chi connectivity index (χ3v) is 5.30. The minimum Gasteiger partial charge on any atom is -0.388 e. The van der Waals surface area contributed by atoms with E-state index in [1.807, 2.05) is 7.05 Å². The standard InChI is InChI=1S/C16H21N9O/c1-24-15-11(6-18-24)13(17)20-16(21-15)19-9-4-8(5-9)14-23-22-12(7-26)25(14)10-2-3-10/h6,8-10,26H,2-5,7H2,1H3,(H3,17,19,20,21). The first-order chi connectivity index (χ1) is 12.6. The quantitative estimate of drug-likeness (QED) is 0.610. The molecule has 0 amide bonds. The van der Waals surface area contributed by atoms with E-state index < -0.39 is 0 Å². The number of hydrogen-bond donors (Lipinski definition) is 3. The van der Waals surface area contributed by atoms with Crippen LogP contribution in [-0.2, 0) is 13.7 Å². The second-order valence-electron chi connectivity index (χ2n) is 7.18.